The van der Waals surface area contributed by atoms with Gasteiger partial charge in [0, 0.05) is 29.2 Å². The minimum absolute atomic E-state index is 0.0587. The average molecular weight is 364 g/mol. The molecule has 4 nitrogen and oxygen atoms in total. The smallest absolute Gasteiger partial charge is 0.308 e. The zero-order chi connectivity index (χ0) is 17.7. The first-order chi connectivity index (χ1) is 10.9. The molecule has 2 unspecified atom stereocenters. The second-order valence-corrected chi connectivity index (χ2v) is 8.91. The van der Waals surface area contributed by atoms with Gasteiger partial charge in [-0.3, -0.25) is 9.59 Å². The molecule has 0 saturated heterocycles. The maximum atomic E-state index is 11.9. The number of carbonyl (C=O) groups is 2. The zero-order valence-corrected chi connectivity index (χ0v) is 16.9. The molecule has 1 amide bonds. The Morgan fingerprint density at radius 1 is 1.09 bits per heavy atom. The van der Waals surface area contributed by atoms with Crippen LogP contribution in [0.15, 0.2) is 0 Å². The van der Waals surface area contributed by atoms with Gasteiger partial charge in [-0.25, -0.2) is 0 Å². The summed E-state index contributed by atoms with van der Waals surface area (Å²) in [5, 5.41) is 3.46. The van der Waals surface area contributed by atoms with E-state index in [1.54, 1.807) is 11.8 Å². The van der Waals surface area contributed by atoms with Gasteiger partial charge in [0.05, 0.1) is 5.92 Å². The van der Waals surface area contributed by atoms with Crippen LogP contribution in [0, 0.1) is 11.8 Å². The fourth-order valence-electron chi connectivity index (χ4n) is 1.82. The molecule has 0 bridgehead atoms. The number of amides is 1. The molecule has 0 aromatic rings. The van der Waals surface area contributed by atoms with E-state index in [2.05, 4.69) is 19.2 Å². The van der Waals surface area contributed by atoms with Crippen molar-refractivity contribution in [3.63, 3.8) is 0 Å². The molecule has 0 aliphatic rings. The molecule has 0 spiro atoms. The third-order valence-electron chi connectivity index (χ3n) is 3.40. The first-order valence-corrected chi connectivity index (χ1v) is 10.7. The van der Waals surface area contributed by atoms with E-state index in [-0.39, 0.29) is 23.7 Å². The van der Waals surface area contributed by atoms with E-state index in [1.807, 2.05) is 32.5 Å². The molecule has 0 fully saturated rings. The van der Waals surface area contributed by atoms with Crippen LogP contribution in [0.25, 0.3) is 0 Å². The normalized spacial score (nSPS) is 13.7. The summed E-state index contributed by atoms with van der Waals surface area (Å²) < 4.78 is 5.16. The van der Waals surface area contributed by atoms with Gasteiger partial charge in [-0.1, -0.05) is 34.6 Å². The van der Waals surface area contributed by atoms with Crippen molar-refractivity contribution in [3.05, 3.63) is 0 Å². The predicted octanol–water partition coefficient (Wildman–Crippen LogP) is 3.59. The number of thioether (sulfide) groups is 2. The van der Waals surface area contributed by atoms with Gasteiger partial charge in [-0.05, 0) is 18.6 Å². The summed E-state index contributed by atoms with van der Waals surface area (Å²) in [5.74, 6) is 2.91. The van der Waals surface area contributed by atoms with Crippen LogP contribution in [0.2, 0.25) is 0 Å². The molecule has 0 aliphatic carbocycles. The molecule has 2 atom stereocenters. The van der Waals surface area contributed by atoms with E-state index in [0.717, 1.165) is 36.6 Å². The topological polar surface area (TPSA) is 55.4 Å². The van der Waals surface area contributed by atoms with Crippen LogP contribution in [-0.4, -0.2) is 47.5 Å². The highest BCUT2D eigenvalue weighted by atomic mass is 32.2. The van der Waals surface area contributed by atoms with E-state index in [9.17, 15) is 9.59 Å². The van der Waals surface area contributed by atoms with Crippen molar-refractivity contribution in [2.75, 3.05) is 30.4 Å². The quantitative estimate of drug-likeness (QED) is 0.400. The molecular formula is C17H33NO3S2. The van der Waals surface area contributed by atoms with Gasteiger partial charge in [-0.15, -0.1) is 0 Å². The number of hydrogen-bond donors (Lipinski definition) is 1. The maximum Gasteiger partial charge on any atom is 0.308 e. The maximum absolute atomic E-state index is 11.9. The summed E-state index contributed by atoms with van der Waals surface area (Å²) in [5.41, 5.74) is 0. The Balaban J connectivity index is 3.68. The number of rotatable bonds is 13. The van der Waals surface area contributed by atoms with Crippen molar-refractivity contribution in [3.8, 4) is 0 Å². The molecule has 0 heterocycles. The second-order valence-electron chi connectivity index (χ2n) is 5.97. The van der Waals surface area contributed by atoms with Crippen molar-refractivity contribution in [2.24, 2.45) is 11.8 Å². The molecular weight excluding hydrogens is 330 g/mol. The summed E-state index contributed by atoms with van der Waals surface area (Å²) in [4.78, 5) is 23.3. The minimum Gasteiger partial charge on any atom is -0.465 e. The van der Waals surface area contributed by atoms with Crippen LogP contribution < -0.4 is 5.32 Å². The van der Waals surface area contributed by atoms with Crippen LogP contribution in [-0.2, 0) is 14.3 Å². The number of carbonyl (C=O) groups excluding carboxylic acids is 2. The third-order valence-corrected chi connectivity index (χ3v) is 5.51. The van der Waals surface area contributed by atoms with Crippen molar-refractivity contribution < 1.29 is 14.3 Å². The Morgan fingerprint density at radius 3 is 2.39 bits per heavy atom. The summed E-state index contributed by atoms with van der Waals surface area (Å²) in [6.45, 7) is 11.2. The first kappa shape index (κ1) is 22.6. The van der Waals surface area contributed by atoms with Crippen molar-refractivity contribution in [2.45, 2.75) is 52.7 Å². The number of hydrogen-bond acceptors (Lipinski definition) is 5. The fraction of sp³-hybridized carbons (Fsp3) is 0.882. The van der Waals surface area contributed by atoms with Crippen molar-refractivity contribution in [1.29, 1.82) is 0 Å². The molecule has 1 N–H and O–H groups in total. The SMILES string of the molecule is CCSCCNC(=O)C(C)CCC(C)SCCOC(=O)C(C)C. The summed E-state index contributed by atoms with van der Waals surface area (Å²) in [6, 6.07) is 0. The minimum atomic E-state index is -0.134. The second kappa shape index (κ2) is 14.0. The lowest BCUT2D eigenvalue weighted by atomic mass is 10.0. The van der Waals surface area contributed by atoms with Gasteiger partial charge in [0.2, 0.25) is 5.91 Å². The summed E-state index contributed by atoms with van der Waals surface area (Å²) in [6.07, 6.45) is 1.90. The lowest BCUT2D eigenvalue weighted by Crippen LogP contribution is -2.31. The highest BCUT2D eigenvalue weighted by Gasteiger charge is 2.14. The number of ether oxygens (including phenoxy) is 1. The van der Waals surface area contributed by atoms with Crippen LogP contribution in [0.4, 0.5) is 0 Å². The van der Waals surface area contributed by atoms with Crippen molar-refractivity contribution >= 4 is 35.4 Å². The van der Waals surface area contributed by atoms with E-state index in [1.165, 1.54) is 0 Å². The zero-order valence-electron chi connectivity index (χ0n) is 15.2. The van der Waals surface area contributed by atoms with Gasteiger partial charge in [0.25, 0.3) is 0 Å². The van der Waals surface area contributed by atoms with Gasteiger partial charge in [0.1, 0.15) is 6.61 Å². The standard InChI is InChI=1S/C17H33NO3S2/c1-6-22-11-9-18-16(19)14(4)7-8-15(5)23-12-10-21-17(20)13(2)3/h13-15H,6-12H2,1-5H3,(H,18,19). The molecule has 0 aromatic heterocycles. The van der Waals surface area contributed by atoms with Gasteiger partial charge >= 0.3 is 5.97 Å². The van der Waals surface area contributed by atoms with Crippen molar-refractivity contribution in [1.82, 2.24) is 5.32 Å². The van der Waals surface area contributed by atoms with E-state index >= 15 is 0 Å². The number of nitrogens with one attached hydrogen (secondary N) is 1. The Labute approximate surface area is 150 Å². The van der Waals surface area contributed by atoms with E-state index < -0.39 is 0 Å². The molecule has 0 aliphatic heterocycles. The van der Waals surface area contributed by atoms with Crippen LogP contribution in [0.1, 0.15) is 47.5 Å². The Kier molecular flexibility index (Phi) is 13.8. The molecule has 0 radical (unpaired) electrons. The summed E-state index contributed by atoms with van der Waals surface area (Å²) >= 11 is 3.64. The largest absolute Gasteiger partial charge is 0.465 e. The number of esters is 1. The van der Waals surface area contributed by atoms with Gasteiger partial charge in [0.15, 0.2) is 0 Å². The molecule has 136 valence electrons. The van der Waals surface area contributed by atoms with Crippen LogP contribution in [0.5, 0.6) is 0 Å². The van der Waals surface area contributed by atoms with Gasteiger partial charge in [-0.2, -0.15) is 23.5 Å². The first-order valence-electron chi connectivity index (χ1n) is 8.52. The Hall–Kier alpha value is -0.360. The van der Waals surface area contributed by atoms with Crippen LogP contribution >= 0.6 is 23.5 Å². The van der Waals surface area contributed by atoms with E-state index in [0.29, 0.717) is 11.9 Å². The Morgan fingerprint density at radius 2 is 1.78 bits per heavy atom. The van der Waals surface area contributed by atoms with Gasteiger partial charge < -0.3 is 10.1 Å². The molecule has 0 rings (SSSR count). The predicted molar refractivity (Wildman–Crippen MR) is 102 cm³/mol. The highest BCUT2D eigenvalue weighted by molar-refractivity contribution is 7.99. The van der Waals surface area contributed by atoms with Crippen LogP contribution in [0.3, 0.4) is 0 Å². The molecule has 0 aromatic carbocycles. The molecule has 0 saturated carbocycles. The summed E-state index contributed by atoms with van der Waals surface area (Å²) in [7, 11) is 0. The monoisotopic (exact) mass is 363 g/mol. The lowest BCUT2D eigenvalue weighted by Gasteiger charge is -2.15. The fourth-order valence-corrected chi connectivity index (χ4v) is 3.24. The van der Waals surface area contributed by atoms with E-state index in [4.69, 9.17) is 4.74 Å². The lowest BCUT2D eigenvalue weighted by molar-refractivity contribution is -0.146. The molecule has 23 heavy (non-hydrogen) atoms. The molecule has 6 heteroatoms. The highest BCUT2D eigenvalue weighted by Crippen LogP contribution is 2.19. The Bertz CT molecular complexity index is 338. The third kappa shape index (κ3) is 12.7. The average Bonchev–Trinajstić information content (AvgIpc) is 2.52.